The normalized spacial score (nSPS) is 13.6. The molecule has 1 amide bonds. The van der Waals surface area contributed by atoms with Crippen LogP contribution in [0.25, 0.3) is 5.57 Å². The second kappa shape index (κ2) is 9.22. The van der Waals surface area contributed by atoms with E-state index in [1.165, 1.54) is 28.0 Å². The molecular formula is C24H23N3O3. The standard InChI is InChI=1S/C24H23N3O3/c28-23-12-11-22(25-27(23)17-18-30-21-9-5-2-6-10-21)24(29)26-15-13-20(14-16-26)19-7-3-1-4-8-19/h1-13H,14-18H2. The molecule has 30 heavy (non-hydrogen) atoms. The van der Waals surface area contributed by atoms with Gasteiger partial charge in [0.1, 0.15) is 18.1 Å². The van der Waals surface area contributed by atoms with E-state index >= 15 is 0 Å². The summed E-state index contributed by atoms with van der Waals surface area (Å²) in [6.45, 7) is 1.72. The molecule has 1 aliphatic heterocycles. The van der Waals surface area contributed by atoms with Gasteiger partial charge in [0.2, 0.25) is 0 Å². The topological polar surface area (TPSA) is 64.4 Å². The first-order valence-electron chi connectivity index (χ1n) is 10.0. The summed E-state index contributed by atoms with van der Waals surface area (Å²) in [5, 5.41) is 4.27. The molecule has 0 radical (unpaired) electrons. The van der Waals surface area contributed by atoms with E-state index in [0.717, 1.165) is 12.2 Å². The number of rotatable bonds is 6. The van der Waals surface area contributed by atoms with E-state index in [9.17, 15) is 9.59 Å². The Morgan fingerprint density at radius 3 is 2.40 bits per heavy atom. The number of aromatic nitrogens is 2. The minimum Gasteiger partial charge on any atom is -0.492 e. The van der Waals surface area contributed by atoms with Crippen LogP contribution >= 0.6 is 0 Å². The monoisotopic (exact) mass is 401 g/mol. The summed E-state index contributed by atoms with van der Waals surface area (Å²) >= 11 is 0. The maximum atomic E-state index is 12.9. The van der Waals surface area contributed by atoms with Crippen LogP contribution in [0.3, 0.4) is 0 Å². The SMILES string of the molecule is O=C(c1ccc(=O)n(CCOc2ccccc2)n1)N1CC=C(c2ccccc2)CC1. The van der Waals surface area contributed by atoms with Crippen LogP contribution in [0, 0.1) is 0 Å². The molecule has 3 aromatic rings. The molecule has 4 rings (SSSR count). The molecule has 0 spiro atoms. The number of ether oxygens (including phenoxy) is 1. The highest BCUT2D eigenvalue weighted by Gasteiger charge is 2.21. The summed E-state index contributed by atoms with van der Waals surface area (Å²) in [7, 11) is 0. The number of amides is 1. The maximum Gasteiger partial charge on any atom is 0.274 e. The van der Waals surface area contributed by atoms with Gasteiger partial charge < -0.3 is 9.64 Å². The molecule has 6 nitrogen and oxygen atoms in total. The van der Waals surface area contributed by atoms with Crippen molar-refractivity contribution < 1.29 is 9.53 Å². The molecule has 0 bridgehead atoms. The number of carbonyl (C=O) groups is 1. The Kier molecular flexibility index (Phi) is 6.03. The fourth-order valence-electron chi connectivity index (χ4n) is 3.42. The first-order chi connectivity index (χ1) is 14.7. The lowest BCUT2D eigenvalue weighted by Gasteiger charge is -2.26. The highest BCUT2D eigenvalue weighted by molar-refractivity contribution is 5.92. The quantitative estimate of drug-likeness (QED) is 0.636. The van der Waals surface area contributed by atoms with Crippen LogP contribution in [0.1, 0.15) is 22.5 Å². The van der Waals surface area contributed by atoms with Crippen molar-refractivity contribution in [2.24, 2.45) is 0 Å². The van der Waals surface area contributed by atoms with E-state index in [1.807, 2.05) is 48.5 Å². The summed E-state index contributed by atoms with van der Waals surface area (Å²) in [6.07, 6.45) is 2.88. The average molecular weight is 401 g/mol. The van der Waals surface area contributed by atoms with Gasteiger partial charge in [0.15, 0.2) is 0 Å². The highest BCUT2D eigenvalue weighted by Crippen LogP contribution is 2.22. The molecule has 2 heterocycles. The van der Waals surface area contributed by atoms with Crippen molar-refractivity contribution in [1.82, 2.24) is 14.7 Å². The Morgan fingerprint density at radius 2 is 1.70 bits per heavy atom. The molecule has 0 aliphatic carbocycles. The molecular weight excluding hydrogens is 378 g/mol. The Balaban J connectivity index is 1.40. The maximum absolute atomic E-state index is 12.9. The lowest BCUT2D eigenvalue weighted by Crippen LogP contribution is -2.37. The molecule has 2 aromatic carbocycles. The van der Waals surface area contributed by atoms with Gasteiger partial charge in [0, 0.05) is 19.2 Å². The lowest BCUT2D eigenvalue weighted by atomic mass is 9.99. The van der Waals surface area contributed by atoms with Gasteiger partial charge in [0.25, 0.3) is 11.5 Å². The average Bonchev–Trinajstić information content (AvgIpc) is 2.81. The van der Waals surface area contributed by atoms with Crippen LogP contribution < -0.4 is 10.3 Å². The zero-order chi connectivity index (χ0) is 20.8. The minimum absolute atomic E-state index is 0.170. The molecule has 6 heteroatoms. The van der Waals surface area contributed by atoms with Crippen molar-refractivity contribution in [3.63, 3.8) is 0 Å². The van der Waals surface area contributed by atoms with E-state index in [1.54, 1.807) is 4.90 Å². The molecule has 0 saturated heterocycles. The van der Waals surface area contributed by atoms with E-state index in [-0.39, 0.29) is 23.7 Å². The summed E-state index contributed by atoms with van der Waals surface area (Å²) < 4.78 is 6.92. The zero-order valence-electron chi connectivity index (χ0n) is 16.6. The number of benzene rings is 2. The molecule has 1 aromatic heterocycles. The molecule has 0 N–H and O–H groups in total. The fraction of sp³-hybridized carbons (Fsp3) is 0.208. The van der Waals surface area contributed by atoms with Crippen LogP contribution in [0.2, 0.25) is 0 Å². The van der Waals surface area contributed by atoms with Crippen molar-refractivity contribution in [2.45, 2.75) is 13.0 Å². The first kappa shape index (κ1) is 19.6. The number of hydrogen-bond acceptors (Lipinski definition) is 4. The van der Waals surface area contributed by atoms with Crippen LogP contribution in [0.4, 0.5) is 0 Å². The Bertz CT molecular complexity index is 1090. The smallest absolute Gasteiger partial charge is 0.274 e. The Labute approximate surface area is 175 Å². The van der Waals surface area contributed by atoms with Gasteiger partial charge in [-0.05, 0) is 35.8 Å². The molecule has 1 aliphatic rings. The van der Waals surface area contributed by atoms with Crippen molar-refractivity contribution in [3.05, 3.63) is 100 Å². The van der Waals surface area contributed by atoms with Crippen molar-refractivity contribution in [1.29, 1.82) is 0 Å². The Morgan fingerprint density at radius 1 is 0.967 bits per heavy atom. The number of hydrogen-bond donors (Lipinski definition) is 0. The highest BCUT2D eigenvalue weighted by atomic mass is 16.5. The second-order valence-electron chi connectivity index (χ2n) is 7.04. The number of carbonyl (C=O) groups excluding carboxylic acids is 1. The predicted octanol–water partition coefficient (Wildman–Crippen LogP) is 3.25. The molecule has 0 saturated carbocycles. The van der Waals surface area contributed by atoms with Crippen molar-refractivity contribution >= 4 is 11.5 Å². The Hall–Kier alpha value is -3.67. The largest absolute Gasteiger partial charge is 0.492 e. The van der Waals surface area contributed by atoms with Gasteiger partial charge in [-0.1, -0.05) is 54.6 Å². The number of para-hydroxylation sites is 1. The third kappa shape index (κ3) is 4.66. The van der Waals surface area contributed by atoms with Crippen LogP contribution in [-0.4, -0.2) is 40.3 Å². The summed E-state index contributed by atoms with van der Waals surface area (Å²) in [5.74, 6) is 0.559. The van der Waals surface area contributed by atoms with Crippen molar-refractivity contribution in [3.8, 4) is 5.75 Å². The third-order valence-electron chi connectivity index (χ3n) is 5.04. The van der Waals surface area contributed by atoms with Gasteiger partial charge in [-0.15, -0.1) is 0 Å². The minimum atomic E-state index is -0.256. The van der Waals surface area contributed by atoms with Crippen molar-refractivity contribution in [2.75, 3.05) is 19.7 Å². The molecule has 0 atom stereocenters. The van der Waals surface area contributed by atoms with Gasteiger partial charge in [-0.25, -0.2) is 4.68 Å². The summed E-state index contributed by atoms with van der Waals surface area (Å²) in [4.78, 5) is 26.8. The molecule has 152 valence electrons. The van der Waals surface area contributed by atoms with E-state index in [0.29, 0.717) is 19.7 Å². The summed E-state index contributed by atoms with van der Waals surface area (Å²) in [5.41, 5.74) is 2.45. The van der Waals surface area contributed by atoms with E-state index in [4.69, 9.17) is 4.74 Å². The predicted molar refractivity (Wildman–Crippen MR) is 115 cm³/mol. The van der Waals surface area contributed by atoms with Crippen LogP contribution in [0.15, 0.2) is 83.7 Å². The van der Waals surface area contributed by atoms with Crippen LogP contribution in [0.5, 0.6) is 5.75 Å². The van der Waals surface area contributed by atoms with Crippen LogP contribution in [-0.2, 0) is 6.54 Å². The fourth-order valence-corrected chi connectivity index (χ4v) is 3.42. The van der Waals surface area contributed by atoms with Gasteiger partial charge in [-0.2, -0.15) is 5.10 Å². The van der Waals surface area contributed by atoms with Gasteiger partial charge in [-0.3, -0.25) is 9.59 Å². The molecule has 0 unspecified atom stereocenters. The number of nitrogens with zero attached hydrogens (tertiary/aromatic N) is 3. The summed E-state index contributed by atoms with van der Waals surface area (Å²) in [6, 6.07) is 22.5. The third-order valence-corrected chi connectivity index (χ3v) is 5.04. The van der Waals surface area contributed by atoms with Gasteiger partial charge >= 0.3 is 0 Å². The van der Waals surface area contributed by atoms with E-state index in [2.05, 4.69) is 23.3 Å². The lowest BCUT2D eigenvalue weighted by molar-refractivity contribution is 0.0763. The van der Waals surface area contributed by atoms with E-state index < -0.39 is 0 Å². The zero-order valence-corrected chi connectivity index (χ0v) is 16.6. The first-order valence-corrected chi connectivity index (χ1v) is 10.0. The molecule has 0 fully saturated rings. The van der Waals surface area contributed by atoms with Gasteiger partial charge in [0.05, 0.1) is 6.54 Å². The second-order valence-corrected chi connectivity index (χ2v) is 7.04.